The minimum atomic E-state index is -0.407. The number of aliphatic hydroxyl groups is 1. The molecule has 2 amide bonds. The first-order valence-electron chi connectivity index (χ1n) is 8.07. The first-order valence-corrected chi connectivity index (χ1v) is 8.07. The van der Waals surface area contributed by atoms with E-state index in [1.807, 2.05) is 25.1 Å². The number of aryl methyl sites for hydroxylation is 1. The minimum absolute atomic E-state index is 0.151. The van der Waals surface area contributed by atoms with Crippen LogP contribution in [0, 0.1) is 6.92 Å². The Kier molecular flexibility index (Phi) is 6.07. The summed E-state index contributed by atoms with van der Waals surface area (Å²) in [6.07, 6.45) is 3.35. The molecule has 2 rings (SSSR count). The molecular formula is C17H26N2O3. The van der Waals surface area contributed by atoms with E-state index in [1.54, 1.807) is 4.90 Å². The molecule has 0 aromatic heterocycles. The number of anilines is 1. The summed E-state index contributed by atoms with van der Waals surface area (Å²) in [6.45, 7) is 5.90. The molecule has 5 heteroatoms. The van der Waals surface area contributed by atoms with Gasteiger partial charge in [-0.15, -0.1) is 0 Å². The maximum absolute atomic E-state index is 12.2. The van der Waals surface area contributed by atoms with Crippen LogP contribution in [-0.2, 0) is 0 Å². The standard InChI is InChI=1S/C17H26N2O3/c1-3-4-10-22-15-7-8-16(13(2)11-15)18-17(21)19-9-5-6-14(20)12-19/h7-8,11,14,20H,3-6,9-10,12H2,1-2H3,(H,18,21). The molecule has 1 atom stereocenters. The van der Waals surface area contributed by atoms with Crippen LogP contribution in [0.15, 0.2) is 18.2 Å². The summed E-state index contributed by atoms with van der Waals surface area (Å²) in [5, 5.41) is 12.6. The van der Waals surface area contributed by atoms with Crippen molar-refractivity contribution >= 4 is 11.7 Å². The van der Waals surface area contributed by atoms with Crippen LogP contribution in [0.5, 0.6) is 5.75 Å². The van der Waals surface area contributed by atoms with Gasteiger partial charge in [-0.2, -0.15) is 0 Å². The number of unbranched alkanes of at least 4 members (excludes halogenated alkanes) is 1. The smallest absolute Gasteiger partial charge is 0.321 e. The molecule has 1 aromatic rings. The molecule has 5 nitrogen and oxygen atoms in total. The number of aliphatic hydroxyl groups excluding tert-OH is 1. The summed E-state index contributed by atoms with van der Waals surface area (Å²) >= 11 is 0. The van der Waals surface area contributed by atoms with Gasteiger partial charge >= 0.3 is 6.03 Å². The molecule has 1 unspecified atom stereocenters. The molecule has 1 aliphatic rings. The van der Waals surface area contributed by atoms with Gasteiger partial charge in [0, 0.05) is 18.8 Å². The highest BCUT2D eigenvalue weighted by molar-refractivity contribution is 5.90. The Bertz CT molecular complexity index is 505. The Morgan fingerprint density at radius 1 is 1.50 bits per heavy atom. The number of β-amino-alcohol motifs (C(OH)–C–C–N with tert-alkyl or cyclic N) is 1. The summed E-state index contributed by atoms with van der Waals surface area (Å²) in [6, 6.07) is 5.54. The summed E-state index contributed by atoms with van der Waals surface area (Å²) in [7, 11) is 0. The van der Waals surface area contributed by atoms with Crippen molar-refractivity contribution in [2.24, 2.45) is 0 Å². The molecule has 0 spiro atoms. The fraction of sp³-hybridized carbons (Fsp3) is 0.588. The Morgan fingerprint density at radius 2 is 2.32 bits per heavy atom. The molecule has 1 aromatic carbocycles. The van der Waals surface area contributed by atoms with E-state index in [-0.39, 0.29) is 6.03 Å². The second kappa shape index (κ2) is 8.03. The monoisotopic (exact) mass is 306 g/mol. The number of nitrogens with one attached hydrogen (secondary N) is 1. The van der Waals surface area contributed by atoms with E-state index in [2.05, 4.69) is 12.2 Å². The highest BCUT2D eigenvalue weighted by Gasteiger charge is 2.22. The molecule has 1 aliphatic heterocycles. The number of nitrogens with zero attached hydrogens (tertiary/aromatic N) is 1. The Balaban J connectivity index is 1.93. The van der Waals surface area contributed by atoms with Gasteiger partial charge in [0.25, 0.3) is 0 Å². The van der Waals surface area contributed by atoms with Crippen LogP contribution >= 0.6 is 0 Å². The van der Waals surface area contributed by atoms with Crippen LogP contribution in [0.3, 0.4) is 0 Å². The van der Waals surface area contributed by atoms with Crippen molar-refractivity contribution in [1.29, 1.82) is 0 Å². The maximum Gasteiger partial charge on any atom is 0.321 e. The van der Waals surface area contributed by atoms with Crippen LogP contribution in [0.1, 0.15) is 38.2 Å². The van der Waals surface area contributed by atoms with Crippen LogP contribution in [0.25, 0.3) is 0 Å². The molecule has 0 bridgehead atoms. The van der Waals surface area contributed by atoms with Gasteiger partial charge in [0.05, 0.1) is 12.7 Å². The van der Waals surface area contributed by atoms with E-state index in [0.717, 1.165) is 42.7 Å². The number of hydrogen-bond acceptors (Lipinski definition) is 3. The summed E-state index contributed by atoms with van der Waals surface area (Å²) in [5.41, 5.74) is 1.76. The highest BCUT2D eigenvalue weighted by Crippen LogP contribution is 2.22. The predicted octanol–water partition coefficient (Wildman–Crippen LogP) is 3.16. The topological polar surface area (TPSA) is 61.8 Å². The molecule has 1 saturated heterocycles. The van der Waals surface area contributed by atoms with Crippen molar-refractivity contribution in [2.75, 3.05) is 25.0 Å². The summed E-state index contributed by atoms with van der Waals surface area (Å²) in [4.78, 5) is 13.9. The lowest BCUT2D eigenvalue weighted by molar-refractivity contribution is 0.0883. The number of ether oxygens (including phenoxy) is 1. The number of amides is 2. The van der Waals surface area contributed by atoms with Gasteiger partial charge in [-0.25, -0.2) is 4.79 Å². The lowest BCUT2D eigenvalue weighted by Crippen LogP contribution is -2.44. The number of rotatable bonds is 5. The molecule has 0 aliphatic carbocycles. The Hall–Kier alpha value is -1.75. The van der Waals surface area contributed by atoms with Crippen LogP contribution in [-0.4, -0.2) is 41.8 Å². The van der Waals surface area contributed by atoms with E-state index < -0.39 is 6.10 Å². The first kappa shape index (κ1) is 16.6. The zero-order chi connectivity index (χ0) is 15.9. The third kappa shape index (κ3) is 4.63. The minimum Gasteiger partial charge on any atom is -0.494 e. The lowest BCUT2D eigenvalue weighted by atomic mass is 10.1. The number of hydrogen-bond donors (Lipinski definition) is 2. The van der Waals surface area contributed by atoms with E-state index in [9.17, 15) is 9.90 Å². The zero-order valence-electron chi connectivity index (χ0n) is 13.5. The normalized spacial score (nSPS) is 18.1. The van der Waals surface area contributed by atoms with E-state index in [1.165, 1.54) is 0 Å². The van der Waals surface area contributed by atoms with Crippen molar-refractivity contribution in [3.63, 3.8) is 0 Å². The van der Waals surface area contributed by atoms with Gasteiger partial charge in [-0.3, -0.25) is 0 Å². The number of carbonyl (C=O) groups excluding carboxylic acids is 1. The van der Waals surface area contributed by atoms with Gasteiger partial charge in [-0.05, 0) is 49.9 Å². The Morgan fingerprint density at radius 3 is 3.00 bits per heavy atom. The SMILES string of the molecule is CCCCOc1ccc(NC(=O)N2CCCC(O)C2)c(C)c1. The number of urea groups is 1. The van der Waals surface area contributed by atoms with E-state index in [4.69, 9.17) is 4.74 Å². The van der Waals surface area contributed by atoms with Gasteiger partial charge < -0.3 is 20.1 Å². The van der Waals surface area contributed by atoms with Crippen molar-refractivity contribution < 1.29 is 14.6 Å². The molecule has 0 saturated carbocycles. The fourth-order valence-electron chi connectivity index (χ4n) is 2.53. The molecule has 1 heterocycles. The third-order valence-corrected chi connectivity index (χ3v) is 3.89. The number of piperidine rings is 1. The molecule has 1 fully saturated rings. The third-order valence-electron chi connectivity index (χ3n) is 3.89. The zero-order valence-corrected chi connectivity index (χ0v) is 13.5. The fourth-order valence-corrected chi connectivity index (χ4v) is 2.53. The molecule has 2 N–H and O–H groups in total. The molecular weight excluding hydrogens is 280 g/mol. The largest absolute Gasteiger partial charge is 0.494 e. The number of carbonyl (C=O) groups is 1. The van der Waals surface area contributed by atoms with E-state index >= 15 is 0 Å². The van der Waals surface area contributed by atoms with Crippen molar-refractivity contribution in [1.82, 2.24) is 4.90 Å². The van der Waals surface area contributed by atoms with E-state index in [0.29, 0.717) is 19.7 Å². The number of likely N-dealkylation sites (tertiary alicyclic amines) is 1. The van der Waals surface area contributed by atoms with Crippen LogP contribution < -0.4 is 10.1 Å². The van der Waals surface area contributed by atoms with Crippen LogP contribution in [0.2, 0.25) is 0 Å². The number of benzene rings is 1. The Labute approximate surface area is 132 Å². The predicted molar refractivity (Wildman–Crippen MR) is 87.4 cm³/mol. The van der Waals surface area contributed by atoms with Gasteiger partial charge in [0.1, 0.15) is 5.75 Å². The quantitative estimate of drug-likeness (QED) is 0.821. The molecule has 0 radical (unpaired) electrons. The van der Waals surface area contributed by atoms with Crippen molar-refractivity contribution in [3.05, 3.63) is 23.8 Å². The van der Waals surface area contributed by atoms with Crippen LogP contribution in [0.4, 0.5) is 10.5 Å². The first-order chi connectivity index (χ1) is 10.6. The van der Waals surface area contributed by atoms with Crippen molar-refractivity contribution in [3.8, 4) is 5.75 Å². The molecule has 22 heavy (non-hydrogen) atoms. The summed E-state index contributed by atoms with van der Waals surface area (Å²) in [5.74, 6) is 0.831. The average Bonchev–Trinajstić information content (AvgIpc) is 2.50. The average molecular weight is 306 g/mol. The molecule has 122 valence electrons. The van der Waals surface area contributed by atoms with Crippen molar-refractivity contribution in [2.45, 2.75) is 45.6 Å². The van der Waals surface area contributed by atoms with Gasteiger partial charge in [-0.1, -0.05) is 13.3 Å². The lowest BCUT2D eigenvalue weighted by Gasteiger charge is -2.30. The highest BCUT2D eigenvalue weighted by atomic mass is 16.5. The maximum atomic E-state index is 12.2. The second-order valence-electron chi connectivity index (χ2n) is 5.85. The van der Waals surface area contributed by atoms with Gasteiger partial charge in [0.2, 0.25) is 0 Å². The summed E-state index contributed by atoms with van der Waals surface area (Å²) < 4.78 is 5.66. The second-order valence-corrected chi connectivity index (χ2v) is 5.85. The van der Waals surface area contributed by atoms with Gasteiger partial charge in [0.15, 0.2) is 0 Å².